The van der Waals surface area contributed by atoms with Crippen molar-refractivity contribution in [2.75, 3.05) is 20.1 Å². The van der Waals surface area contributed by atoms with Crippen molar-refractivity contribution < 1.29 is 14.2 Å². The molecule has 2 atom stereocenters. The molecular weight excluding hydrogens is 183 g/mol. The fourth-order valence-corrected chi connectivity index (χ4v) is 1.73. The summed E-state index contributed by atoms with van der Waals surface area (Å²) in [6.07, 6.45) is 0.794. The number of nitriles is 1. The van der Waals surface area contributed by atoms with E-state index in [0.29, 0.717) is 13.0 Å². The molecule has 5 nitrogen and oxygen atoms in total. The Labute approximate surface area is 82.9 Å². The van der Waals surface area contributed by atoms with E-state index in [2.05, 4.69) is 10.8 Å². The second kappa shape index (κ2) is 4.87. The van der Waals surface area contributed by atoms with Crippen LogP contribution in [-0.4, -0.2) is 44.2 Å². The number of likely N-dealkylation sites (tertiary alicyclic amines) is 1. The van der Waals surface area contributed by atoms with Gasteiger partial charge in [-0.15, -0.1) is 0 Å². The molecule has 1 heterocycles. The van der Waals surface area contributed by atoms with Gasteiger partial charge in [0, 0.05) is 0 Å². The average Bonchev–Trinajstić information content (AvgIpc) is 2.60. The number of esters is 1. The van der Waals surface area contributed by atoms with Crippen LogP contribution >= 0.6 is 0 Å². The quantitative estimate of drug-likeness (QED) is 0.442. The van der Waals surface area contributed by atoms with Crippen LogP contribution in [0.25, 0.3) is 0 Å². The van der Waals surface area contributed by atoms with E-state index in [9.17, 15) is 9.50 Å². The summed E-state index contributed by atoms with van der Waals surface area (Å²) >= 11 is 0. The number of hydrogen-bond donors (Lipinski definition) is 0. The summed E-state index contributed by atoms with van der Waals surface area (Å²) in [7, 11) is 2.02. The third-order valence-electron chi connectivity index (χ3n) is 2.42. The Morgan fingerprint density at radius 3 is 3.00 bits per heavy atom. The fraction of sp³-hybridized carbons (Fsp3) is 0.750. The topological polar surface area (TPSA) is 70.4 Å². The molecule has 0 aromatic heterocycles. The van der Waals surface area contributed by atoms with Crippen molar-refractivity contribution in [1.29, 1.82) is 5.26 Å². The van der Waals surface area contributed by atoms with E-state index < -0.39 is 12.0 Å². The molecule has 74 valence electrons. The Balaban J connectivity index is 2.75. The minimum absolute atomic E-state index is 0.179. The molecule has 0 N–H and O–H groups in total. The monoisotopic (exact) mass is 194 g/mol. The van der Waals surface area contributed by atoms with Crippen LogP contribution in [0.4, 0.5) is 0 Å². The number of carbonyl (C=O) groups is 1. The molecule has 0 aromatic carbocycles. The van der Waals surface area contributed by atoms with Gasteiger partial charge in [0.2, 0.25) is 0 Å². The predicted octanol–water partition coefficient (Wildman–Crippen LogP) is -0.619. The third-order valence-corrected chi connectivity index (χ3v) is 2.42. The molecule has 2 unspecified atom stereocenters. The van der Waals surface area contributed by atoms with Crippen molar-refractivity contribution in [1.82, 2.24) is 4.90 Å². The second-order valence-corrected chi connectivity index (χ2v) is 3.15. The van der Waals surface area contributed by atoms with Crippen LogP contribution in [0.15, 0.2) is 0 Å². The van der Waals surface area contributed by atoms with Crippen LogP contribution in [0.1, 0.15) is 6.42 Å². The SMILES string of the molecule is COC(=O)C1C(C#N)CCN1CB=O. The van der Waals surface area contributed by atoms with Gasteiger partial charge in [0.25, 0.3) is 0 Å². The van der Waals surface area contributed by atoms with Crippen LogP contribution in [0.3, 0.4) is 0 Å². The van der Waals surface area contributed by atoms with Crippen molar-refractivity contribution >= 4 is 13.1 Å². The molecule has 0 aromatic rings. The van der Waals surface area contributed by atoms with E-state index in [1.54, 1.807) is 4.90 Å². The van der Waals surface area contributed by atoms with Crippen LogP contribution < -0.4 is 0 Å². The number of ether oxygens (including phenoxy) is 1. The molecule has 0 saturated carbocycles. The first-order valence-electron chi connectivity index (χ1n) is 4.39. The van der Waals surface area contributed by atoms with E-state index in [1.807, 2.05) is 0 Å². The minimum atomic E-state index is -0.574. The van der Waals surface area contributed by atoms with E-state index >= 15 is 0 Å². The van der Waals surface area contributed by atoms with E-state index in [1.165, 1.54) is 7.11 Å². The van der Waals surface area contributed by atoms with Gasteiger partial charge >= 0.3 is 82.1 Å². The Morgan fingerprint density at radius 1 is 1.79 bits per heavy atom. The second-order valence-electron chi connectivity index (χ2n) is 3.15. The molecule has 1 fully saturated rings. The van der Waals surface area contributed by atoms with E-state index in [0.717, 1.165) is 7.15 Å². The Kier molecular flexibility index (Phi) is 3.78. The summed E-state index contributed by atoms with van der Waals surface area (Å²) in [4.78, 5) is 13.0. The molecule has 1 aliphatic heterocycles. The summed E-state index contributed by atoms with van der Waals surface area (Å²) in [5.74, 6) is -0.793. The Bertz CT molecular complexity index is 276. The van der Waals surface area contributed by atoms with Crippen LogP contribution in [0.5, 0.6) is 0 Å². The van der Waals surface area contributed by atoms with E-state index in [4.69, 9.17) is 5.26 Å². The zero-order valence-corrected chi connectivity index (χ0v) is 7.97. The van der Waals surface area contributed by atoms with Gasteiger partial charge in [-0.3, -0.25) is 0 Å². The van der Waals surface area contributed by atoms with Crippen molar-refractivity contribution in [3.05, 3.63) is 0 Å². The maximum absolute atomic E-state index is 11.3. The first-order valence-corrected chi connectivity index (χ1v) is 4.39. The summed E-state index contributed by atoms with van der Waals surface area (Å²) < 4.78 is 14.9. The molecular formula is C8H11BN2O3. The van der Waals surface area contributed by atoms with Gasteiger partial charge in [0.05, 0.1) is 0 Å². The van der Waals surface area contributed by atoms with Gasteiger partial charge in [-0.05, 0) is 0 Å². The molecule has 0 bridgehead atoms. The molecule has 1 rings (SSSR count). The summed E-state index contributed by atoms with van der Waals surface area (Å²) in [6, 6.07) is 1.49. The van der Waals surface area contributed by atoms with Crippen molar-refractivity contribution in [3.63, 3.8) is 0 Å². The molecule has 1 saturated heterocycles. The molecule has 1 aliphatic rings. The summed E-state index contributed by atoms with van der Waals surface area (Å²) in [5.41, 5.74) is 0. The number of carbonyl (C=O) groups excluding carboxylic acids is 1. The number of nitrogens with zero attached hydrogens (tertiary/aromatic N) is 2. The first kappa shape index (κ1) is 10.9. The van der Waals surface area contributed by atoms with Gasteiger partial charge in [-0.2, -0.15) is 0 Å². The summed E-state index contributed by atoms with van der Waals surface area (Å²) in [5, 5.41) is 8.79. The average molecular weight is 194 g/mol. The Hall–Kier alpha value is -1.22. The van der Waals surface area contributed by atoms with Crippen molar-refractivity contribution in [2.45, 2.75) is 12.5 Å². The molecule has 0 amide bonds. The van der Waals surface area contributed by atoms with E-state index in [-0.39, 0.29) is 12.4 Å². The van der Waals surface area contributed by atoms with Gasteiger partial charge in [-0.25, -0.2) is 0 Å². The number of methoxy groups -OCH3 is 1. The standard InChI is InChI=1S/C8H11BN2O3/c1-14-8(12)7-6(4-10)2-3-11(7)5-9-13/h6-7H,2-3,5H2,1H3. The number of rotatable bonds is 3. The first-order chi connectivity index (χ1) is 6.74. The molecule has 6 heteroatoms. The molecule has 0 spiro atoms. The molecule has 0 aliphatic carbocycles. The molecule has 14 heavy (non-hydrogen) atoms. The maximum atomic E-state index is 11.3. The van der Waals surface area contributed by atoms with Crippen molar-refractivity contribution in [2.24, 2.45) is 5.92 Å². The zero-order valence-electron chi connectivity index (χ0n) is 7.97. The van der Waals surface area contributed by atoms with Gasteiger partial charge in [-0.1, -0.05) is 0 Å². The summed E-state index contributed by atoms with van der Waals surface area (Å²) in [6.45, 7) is 0.594. The third kappa shape index (κ3) is 1.99. The predicted molar refractivity (Wildman–Crippen MR) is 47.5 cm³/mol. The zero-order chi connectivity index (χ0) is 10.6. The van der Waals surface area contributed by atoms with Crippen LogP contribution in [-0.2, 0) is 14.2 Å². The van der Waals surface area contributed by atoms with Gasteiger partial charge in [0.15, 0.2) is 0 Å². The van der Waals surface area contributed by atoms with Gasteiger partial charge < -0.3 is 0 Å². The van der Waals surface area contributed by atoms with Gasteiger partial charge in [0.1, 0.15) is 0 Å². The fourth-order valence-electron chi connectivity index (χ4n) is 1.73. The Morgan fingerprint density at radius 2 is 2.50 bits per heavy atom. The normalized spacial score (nSPS) is 26.6. The number of hydrogen-bond acceptors (Lipinski definition) is 5. The molecule has 0 radical (unpaired) electrons. The van der Waals surface area contributed by atoms with Crippen molar-refractivity contribution in [3.8, 4) is 6.07 Å². The van der Waals surface area contributed by atoms with Crippen LogP contribution in [0, 0.1) is 17.2 Å². The van der Waals surface area contributed by atoms with Crippen LogP contribution in [0.2, 0.25) is 0 Å².